The maximum absolute atomic E-state index is 5.73. The van der Waals surface area contributed by atoms with E-state index >= 15 is 0 Å². The summed E-state index contributed by atoms with van der Waals surface area (Å²) in [6, 6.07) is 3.59. The van der Waals surface area contributed by atoms with Crippen molar-refractivity contribution in [2.24, 2.45) is 11.1 Å². The minimum atomic E-state index is 0. The summed E-state index contributed by atoms with van der Waals surface area (Å²) in [4.78, 5) is 6.42. The van der Waals surface area contributed by atoms with E-state index in [2.05, 4.69) is 28.9 Å². The van der Waals surface area contributed by atoms with Gasteiger partial charge in [0.2, 0.25) is 11.7 Å². The van der Waals surface area contributed by atoms with Crippen LogP contribution in [-0.2, 0) is 6.54 Å². The highest BCUT2D eigenvalue weighted by molar-refractivity contribution is 5.85. The van der Waals surface area contributed by atoms with E-state index < -0.39 is 0 Å². The van der Waals surface area contributed by atoms with Gasteiger partial charge >= 0.3 is 0 Å². The minimum absolute atomic E-state index is 0. The number of rotatable bonds is 6. The first-order chi connectivity index (χ1) is 9.00. The molecule has 6 nitrogen and oxygen atoms in total. The number of hydrogen-bond donors (Lipinski definition) is 1. The Morgan fingerprint density at radius 2 is 2.15 bits per heavy atom. The highest BCUT2D eigenvalue weighted by atomic mass is 35.5. The molecule has 0 spiro atoms. The Morgan fingerprint density at radius 1 is 1.40 bits per heavy atom. The van der Waals surface area contributed by atoms with Gasteiger partial charge in [0.1, 0.15) is 0 Å². The van der Waals surface area contributed by atoms with Crippen LogP contribution in [0.4, 0.5) is 0 Å². The average molecular weight is 301 g/mol. The van der Waals surface area contributed by atoms with Crippen LogP contribution in [0.15, 0.2) is 27.3 Å². The molecular formula is C13H21ClN4O2. The lowest BCUT2D eigenvalue weighted by molar-refractivity contribution is 0.189. The Hall–Kier alpha value is -1.37. The van der Waals surface area contributed by atoms with E-state index in [-0.39, 0.29) is 17.8 Å². The first-order valence-corrected chi connectivity index (χ1v) is 6.25. The molecule has 0 aromatic carbocycles. The summed E-state index contributed by atoms with van der Waals surface area (Å²) in [7, 11) is 2.01. The van der Waals surface area contributed by atoms with E-state index in [0.29, 0.717) is 30.6 Å². The Kier molecular flexibility index (Phi) is 5.74. The van der Waals surface area contributed by atoms with Crippen molar-refractivity contribution in [2.75, 3.05) is 20.1 Å². The van der Waals surface area contributed by atoms with E-state index in [1.165, 1.54) is 0 Å². The molecule has 0 bridgehead atoms. The van der Waals surface area contributed by atoms with Gasteiger partial charge in [-0.15, -0.1) is 12.4 Å². The maximum atomic E-state index is 5.73. The van der Waals surface area contributed by atoms with Crippen LogP contribution in [0.25, 0.3) is 11.6 Å². The Labute approximate surface area is 124 Å². The maximum Gasteiger partial charge on any atom is 0.241 e. The van der Waals surface area contributed by atoms with Crippen molar-refractivity contribution >= 4 is 12.4 Å². The van der Waals surface area contributed by atoms with Crippen LogP contribution in [0, 0.1) is 5.41 Å². The lowest BCUT2D eigenvalue weighted by Crippen LogP contribution is -2.36. The standard InChI is InChI=1S/C13H20N4O2.ClH/c1-13(2,8-14)9-17(3)7-11-15-12(16-19-11)10-5-4-6-18-10;/h4-6H,7-9,14H2,1-3H3;1H. The second-order valence-electron chi connectivity index (χ2n) is 5.53. The van der Waals surface area contributed by atoms with E-state index in [0.717, 1.165) is 6.54 Å². The first kappa shape index (κ1) is 16.7. The van der Waals surface area contributed by atoms with Crippen LogP contribution in [0.2, 0.25) is 0 Å². The third kappa shape index (κ3) is 4.33. The van der Waals surface area contributed by atoms with Crippen LogP contribution in [0.1, 0.15) is 19.7 Å². The predicted octanol–water partition coefficient (Wildman–Crippen LogP) is 2.17. The van der Waals surface area contributed by atoms with Crippen molar-refractivity contribution in [2.45, 2.75) is 20.4 Å². The molecule has 0 aliphatic rings. The van der Waals surface area contributed by atoms with Crippen molar-refractivity contribution in [3.05, 3.63) is 24.3 Å². The third-order valence-corrected chi connectivity index (χ3v) is 2.87. The van der Waals surface area contributed by atoms with Gasteiger partial charge in [0.15, 0.2) is 5.76 Å². The third-order valence-electron chi connectivity index (χ3n) is 2.87. The van der Waals surface area contributed by atoms with Gasteiger partial charge in [0, 0.05) is 6.54 Å². The second kappa shape index (κ2) is 6.88. The normalized spacial score (nSPS) is 11.7. The summed E-state index contributed by atoms with van der Waals surface area (Å²) >= 11 is 0. The number of hydrogen-bond acceptors (Lipinski definition) is 6. The number of furan rings is 1. The van der Waals surface area contributed by atoms with Crippen molar-refractivity contribution in [1.29, 1.82) is 0 Å². The molecule has 0 aliphatic heterocycles. The fourth-order valence-electron chi connectivity index (χ4n) is 1.91. The average Bonchev–Trinajstić information content (AvgIpc) is 2.97. The van der Waals surface area contributed by atoms with Crippen molar-refractivity contribution < 1.29 is 8.94 Å². The highest BCUT2D eigenvalue weighted by Gasteiger charge is 2.20. The van der Waals surface area contributed by atoms with Gasteiger partial charge < -0.3 is 14.7 Å². The second-order valence-corrected chi connectivity index (χ2v) is 5.53. The Bertz CT molecular complexity index is 510. The van der Waals surface area contributed by atoms with Gasteiger partial charge in [-0.3, -0.25) is 4.90 Å². The summed E-state index contributed by atoms with van der Waals surface area (Å²) in [6.45, 7) is 6.36. The molecule has 0 amide bonds. The monoisotopic (exact) mass is 300 g/mol. The molecule has 2 heterocycles. The van der Waals surface area contributed by atoms with E-state index in [9.17, 15) is 0 Å². The van der Waals surface area contributed by atoms with Crippen LogP contribution < -0.4 is 5.73 Å². The molecular weight excluding hydrogens is 280 g/mol. The SMILES string of the molecule is CN(Cc1nc(-c2ccco2)no1)CC(C)(C)CN.Cl. The number of nitrogens with two attached hydrogens (primary N) is 1. The summed E-state index contributed by atoms with van der Waals surface area (Å²) in [6.07, 6.45) is 1.58. The molecule has 0 atom stereocenters. The topological polar surface area (TPSA) is 81.3 Å². The molecule has 2 rings (SSSR count). The number of aromatic nitrogens is 2. The lowest BCUT2D eigenvalue weighted by atomic mass is 9.93. The largest absolute Gasteiger partial charge is 0.461 e. The van der Waals surface area contributed by atoms with Crippen LogP contribution in [0.5, 0.6) is 0 Å². The van der Waals surface area contributed by atoms with Gasteiger partial charge in [-0.1, -0.05) is 19.0 Å². The summed E-state index contributed by atoms with van der Waals surface area (Å²) in [5.74, 6) is 1.66. The van der Waals surface area contributed by atoms with E-state index in [4.69, 9.17) is 14.7 Å². The zero-order valence-electron chi connectivity index (χ0n) is 12.0. The van der Waals surface area contributed by atoms with E-state index in [1.54, 1.807) is 18.4 Å². The molecule has 7 heteroatoms. The molecule has 0 unspecified atom stereocenters. The number of halogens is 1. The summed E-state index contributed by atoms with van der Waals surface area (Å²) in [5, 5.41) is 3.90. The van der Waals surface area contributed by atoms with Crippen LogP contribution in [-0.4, -0.2) is 35.2 Å². The van der Waals surface area contributed by atoms with Crippen molar-refractivity contribution in [1.82, 2.24) is 15.0 Å². The van der Waals surface area contributed by atoms with Crippen LogP contribution in [0.3, 0.4) is 0 Å². The molecule has 2 N–H and O–H groups in total. The molecule has 0 saturated carbocycles. The zero-order valence-corrected chi connectivity index (χ0v) is 12.8. The highest BCUT2D eigenvalue weighted by Crippen LogP contribution is 2.18. The molecule has 2 aromatic heterocycles. The van der Waals surface area contributed by atoms with Gasteiger partial charge in [-0.25, -0.2) is 0 Å². The lowest BCUT2D eigenvalue weighted by Gasteiger charge is -2.27. The van der Waals surface area contributed by atoms with Gasteiger partial charge in [-0.2, -0.15) is 4.98 Å². The summed E-state index contributed by atoms with van der Waals surface area (Å²) < 4.78 is 10.4. The van der Waals surface area contributed by atoms with Crippen LogP contribution >= 0.6 is 12.4 Å². The predicted molar refractivity (Wildman–Crippen MR) is 78.4 cm³/mol. The smallest absolute Gasteiger partial charge is 0.241 e. The number of nitrogens with zero attached hydrogens (tertiary/aromatic N) is 3. The molecule has 0 fully saturated rings. The van der Waals surface area contributed by atoms with Crippen molar-refractivity contribution in [3.63, 3.8) is 0 Å². The minimum Gasteiger partial charge on any atom is -0.461 e. The van der Waals surface area contributed by atoms with Gasteiger partial charge in [0.25, 0.3) is 0 Å². The summed E-state index contributed by atoms with van der Waals surface area (Å²) in [5.41, 5.74) is 5.79. The molecule has 0 aliphatic carbocycles. The fraction of sp³-hybridized carbons (Fsp3) is 0.538. The first-order valence-electron chi connectivity index (χ1n) is 6.25. The Balaban J connectivity index is 0.00000200. The fourth-order valence-corrected chi connectivity index (χ4v) is 1.91. The quantitative estimate of drug-likeness (QED) is 0.880. The zero-order chi connectivity index (χ0) is 13.9. The van der Waals surface area contributed by atoms with Crippen molar-refractivity contribution in [3.8, 4) is 11.6 Å². The van der Waals surface area contributed by atoms with Gasteiger partial charge in [0.05, 0.1) is 12.8 Å². The molecule has 0 saturated heterocycles. The molecule has 2 aromatic rings. The molecule has 112 valence electrons. The van der Waals surface area contributed by atoms with E-state index in [1.807, 2.05) is 7.05 Å². The molecule has 0 radical (unpaired) electrons. The Morgan fingerprint density at radius 3 is 2.75 bits per heavy atom. The van der Waals surface area contributed by atoms with Gasteiger partial charge in [-0.05, 0) is 31.1 Å². The molecule has 20 heavy (non-hydrogen) atoms.